The van der Waals surface area contributed by atoms with Crippen LogP contribution in [0.5, 0.6) is 0 Å². The molecule has 0 saturated carbocycles. The molecule has 3 rings (SSSR count). The highest BCUT2D eigenvalue weighted by molar-refractivity contribution is 6.48. The smallest absolute Gasteiger partial charge is 0.138 e. The van der Waals surface area contributed by atoms with E-state index < -0.39 is 0 Å². The van der Waals surface area contributed by atoms with Crippen LogP contribution in [0.3, 0.4) is 0 Å². The molecule has 1 N–H and O–H groups in total. The molecule has 1 aromatic rings. The fraction of sp³-hybridized carbons (Fsp3) is 0.389. The van der Waals surface area contributed by atoms with Crippen molar-refractivity contribution in [1.82, 2.24) is 5.32 Å². The predicted molar refractivity (Wildman–Crippen MR) is 105 cm³/mol. The summed E-state index contributed by atoms with van der Waals surface area (Å²) in [5, 5.41) is 12.6. The van der Waals surface area contributed by atoms with Crippen LogP contribution < -0.4 is 16.2 Å². The van der Waals surface area contributed by atoms with Crippen LogP contribution in [0.2, 0.25) is 0 Å². The molecular weight excluding hydrogens is 294 g/mol. The Hall–Kier alpha value is -2.28. The van der Waals surface area contributed by atoms with Gasteiger partial charge in [-0.2, -0.15) is 5.26 Å². The lowest BCUT2D eigenvalue weighted by Crippen LogP contribution is -2.36. The van der Waals surface area contributed by atoms with Gasteiger partial charge in [-0.25, -0.2) is 9.98 Å². The van der Waals surface area contributed by atoms with Crippen molar-refractivity contribution in [1.29, 1.82) is 5.26 Å². The maximum absolute atomic E-state index is 9.17. The van der Waals surface area contributed by atoms with Gasteiger partial charge in [0, 0.05) is 12.2 Å². The molecule has 6 heteroatoms. The van der Waals surface area contributed by atoms with Crippen LogP contribution in [0.25, 0.3) is 0 Å². The maximum Gasteiger partial charge on any atom is 0.138 e. The molecule has 2 atom stereocenters. The lowest BCUT2D eigenvalue weighted by Gasteiger charge is -2.28. The van der Waals surface area contributed by atoms with Crippen molar-refractivity contribution in [3.63, 3.8) is 0 Å². The van der Waals surface area contributed by atoms with Crippen molar-refractivity contribution in [3.8, 4) is 6.07 Å². The van der Waals surface area contributed by atoms with Gasteiger partial charge in [-0.05, 0) is 31.2 Å². The van der Waals surface area contributed by atoms with Crippen LogP contribution in [-0.2, 0) is 6.42 Å². The van der Waals surface area contributed by atoms with Gasteiger partial charge in [0.15, 0.2) is 0 Å². The fourth-order valence-electron chi connectivity index (χ4n) is 3.29. The van der Waals surface area contributed by atoms with Gasteiger partial charge in [-0.15, -0.1) is 0 Å². The lowest BCUT2D eigenvalue weighted by atomic mass is 9.79. The number of fused-ring (bicyclic) bond motifs is 1. The highest BCUT2D eigenvalue weighted by Crippen LogP contribution is 2.31. The molecule has 4 nitrogen and oxygen atoms in total. The lowest BCUT2D eigenvalue weighted by molar-refractivity contribution is 0.511. The molecule has 0 bridgehead atoms. The quantitative estimate of drug-likeness (QED) is 0.607. The van der Waals surface area contributed by atoms with Gasteiger partial charge >= 0.3 is 0 Å². The molecule has 1 aliphatic heterocycles. The normalized spacial score (nSPS) is 22.1. The number of nitriles is 1. The largest absolute Gasteiger partial charge is 0.373 e. The molecule has 1 heterocycles. The van der Waals surface area contributed by atoms with Crippen molar-refractivity contribution in [2.75, 3.05) is 6.54 Å². The zero-order valence-electron chi connectivity index (χ0n) is 14.4. The Kier molecular flexibility index (Phi) is 5.20. The van der Waals surface area contributed by atoms with E-state index in [2.05, 4.69) is 61.3 Å². The number of nitrogens with zero attached hydrogens (tertiary/aromatic N) is 3. The van der Waals surface area contributed by atoms with Crippen molar-refractivity contribution in [2.45, 2.75) is 25.7 Å². The molecule has 2 aliphatic rings. The average molecular weight is 316 g/mol. The molecule has 1 aromatic carbocycles. The first-order valence-corrected chi connectivity index (χ1v) is 8.67. The summed E-state index contributed by atoms with van der Waals surface area (Å²) in [6.07, 6.45) is 7.46. The molecule has 1 aliphatic carbocycles. The zero-order valence-corrected chi connectivity index (χ0v) is 14.4. The number of amidine groups is 1. The van der Waals surface area contributed by atoms with E-state index in [0.717, 1.165) is 43.8 Å². The Morgan fingerprint density at radius 3 is 2.96 bits per heavy atom. The highest BCUT2D eigenvalue weighted by Gasteiger charge is 2.29. The first-order valence-electron chi connectivity index (χ1n) is 8.67. The van der Waals surface area contributed by atoms with E-state index in [9.17, 15) is 5.26 Å². The van der Waals surface area contributed by atoms with Gasteiger partial charge in [-0.3, -0.25) is 0 Å². The number of aliphatic imine (C=N–C) groups is 2. The Balaban J connectivity index is 1.53. The molecule has 0 fully saturated rings. The van der Waals surface area contributed by atoms with Gasteiger partial charge in [0.05, 0.1) is 17.9 Å². The Morgan fingerprint density at radius 1 is 1.29 bits per heavy atom. The van der Waals surface area contributed by atoms with Crippen molar-refractivity contribution in [2.24, 2.45) is 21.8 Å². The minimum Gasteiger partial charge on any atom is -0.373 e. The number of aryl methyl sites for hydroxylation is 1. The Morgan fingerprint density at radius 2 is 2.17 bits per heavy atom. The minimum absolute atomic E-state index is 0.0783. The van der Waals surface area contributed by atoms with E-state index in [1.165, 1.54) is 16.5 Å². The second-order valence-corrected chi connectivity index (χ2v) is 6.69. The number of hydrogen-bond donors (Lipinski definition) is 1. The highest BCUT2D eigenvalue weighted by atomic mass is 15.1. The molecule has 0 radical (unpaired) electrons. The summed E-state index contributed by atoms with van der Waals surface area (Å²) in [6, 6.07) is 9.06. The zero-order chi connectivity index (χ0) is 16.9. The first kappa shape index (κ1) is 16.6. The van der Waals surface area contributed by atoms with Crippen molar-refractivity contribution < 1.29 is 0 Å². The van der Waals surface area contributed by atoms with Gasteiger partial charge < -0.3 is 5.32 Å². The standard InChI is InChI=1S/C18H22B2N4/c19-15-5-3-12(9-16(15)20)2-1-7-22-18-14-8-13(10-21)4-6-17(14)23-11-24-18/h3,5-6,9,11,13-14H,1-2,4,7-8,19-20H2,(H,22,23,24). The van der Waals surface area contributed by atoms with Gasteiger partial charge in [0.1, 0.15) is 27.9 Å². The minimum atomic E-state index is 0.0783. The van der Waals surface area contributed by atoms with E-state index in [1.807, 2.05) is 0 Å². The van der Waals surface area contributed by atoms with E-state index in [4.69, 9.17) is 0 Å². The molecule has 120 valence electrons. The molecule has 0 aromatic heterocycles. The molecule has 0 spiro atoms. The summed E-state index contributed by atoms with van der Waals surface area (Å²) in [6.45, 7) is 0.889. The molecule has 24 heavy (non-hydrogen) atoms. The summed E-state index contributed by atoms with van der Waals surface area (Å²) in [5.41, 5.74) is 5.15. The maximum atomic E-state index is 9.17. The number of benzene rings is 1. The van der Waals surface area contributed by atoms with E-state index in [-0.39, 0.29) is 11.8 Å². The Bertz CT molecular complexity index is 746. The van der Waals surface area contributed by atoms with Crippen molar-refractivity contribution >= 4 is 38.8 Å². The first-order chi connectivity index (χ1) is 11.7. The third-order valence-corrected chi connectivity index (χ3v) is 4.92. The summed E-state index contributed by atoms with van der Waals surface area (Å²) >= 11 is 0. The second-order valence-electron chi connectivity index (χ2n) is 6.69. The van der Waals surface area contributed by atoms with E-state index in [1.54, 1.807) is 6.34 Å². The van der Waals surface area contributed by atoms with Gasteiger partial charge in [-0.1, -0.05) is 35.2 Å². The molecular formula is C18H22B2N4. The molecule has 0 saturated heterocycles. The fourth-order valence-corrected chi connectivity index (χ4v) is 3.29. The van der Waals surface area contributed by atoms with E-state index in [0.29, 0.717) is 0 Å². The van der Waals surface area contributed by atoms with Crippen molar-refractivity contribution in [3.05, 3.63) is 35.5 Å². The van der Waals surface area contributed by atoms with Gasteiger partial charge in [0.25, 0.3) is 0 Å². The van der Waals surface area contributed by atoms with E-state index >= 15 is 0 Å². The average Bonchev–Trinajstić information content (AvgIpc) is 2.61. The number of hydrogen-bond acceptors (Lipinski definition) is 4. The number of allylic oxidation sites excluding steroid dienone is 1. The topological polar surface area (TPSA) is 60.5 Å². The summed E-state index contributed by atoms with van der Waals surface area (Å²) in [5.74, 6) is 1.21. The summed E-state index contributed by atoms with van der Waals surface area (Å²) in [7, 11) is 4.31. The third-order valence-electron chi connectivity index (χ3n) is 4.92. The monoisotopic (exact) mass is 316 g/mol. The second kappa shape index (κ2) is 7.53. The SMILES string of the molecule is Bc1ccc(CCCNC2=NC=NC3=CCC(C#N)CC32)cc1B. The third kappa shape index (κ3) is 3.79. The molecule has 0 amide bonds. The van der Waals surface area contributed by atoms with Crippen LogP contribution in [0.4, 0.5) is 0 Å². The van der Waals surface area contributed by atoms with Crippen LogP contribution in [0, 0.1) is 23.2 Å². The summed E-state index contributed by atoms with van der Waals surface area (Å²) in [4.78, 5) is 8.78. The molecule has 2 unspecified atom stereocenters. The summed E-state index contributed by atoms with van der Waals surface area (Å²) < 4.78 is 0. The van der Waals surface area contributed by atoms with Gasteiger partial charge in [0.2, 0.25) is 0 Å². The van der Waals surface area contributed by atoms with Crippen LogP contribution in [0.15, 0.2) is 40.0 Å². The number of rotatable bonds is 4. The van der Waals surface area contributed by atoms with Crippen LogP contribution in [-0.4, -0.2) is 34.4 Å². The predicted octanol–water partition coefficient (Wildman–Crippen LogP) is -0.400. The Labute approximate surface area is 145 Å². The number of nitrogens with one attached hydrogen (secondary N) is 1. The van der Waals surface area contributed by atoms with Crippen LogP contribution >= 0.6 is 0 Å². The van der Waals surface area contributed by atoms with Crippen LogP contribution in [0.1, 0.15) is 24.8 Å².